The normalized spacial score (nSPS) is 17.6. The average Bonchev–Trinajstić information content (AvgIpc) is 3.03. The molecule has 33 heavy (non-hydrogen) atoms. The number of ether oxygens (including phenoxy) is 1. The number of aliphatic hydroxyl groups is 1. The lowest BCUT2D eigenvalue weighted by Crippen LogP contribution is -2.32. The zero-order chi connectivity index (χ0) is 24.3. The van der Waals surface area contributed by atoms with Crippen molar-refractivity contribution in [1.29, 1.82) is 0 Å². The summed E-state index contributed by atoms with van der Waals surface area (Å²) in [4.78, 5) is 40.2. The summed E-state index contributed by atoms with van der Waals surface area (Å²) in [5.74, 6) is -1.27. The summed E-state index contributed by atoms with van der Waals surface area (Å²) in [6, 6.07) is 9.80. The Kier molecular flexibility index (Phi) is 7.13. The number of nitro benzene ring substituents is 1. The van der Waals surface area contributed by atoms with Crippen molar-refractivity contribution < 1.29 is 24.4 Å². The molecule has 0 aromatic heterocycles. The van der Waals surface area contributed by atoms with Crippen LogP contribution in [0, 0.1) is 17.0 Å². The predicted octanol–water partition coefficient (Wildman–Crippen LogP) is 3.29. The van der Waals surface area contributed by atoms with Crippen molar-refractivity contribution in [2.45, 2.75) is 19.4 Å². The zero-order valence-electron chi connectivity index (χ0n) is 19.1. The first-order valence-corrected chi connectivity index (χ1v) is 10.5. The molecule has 1 amide bonds. The SMILES string of the molecule is COc1ccc(C(O)=C2C(=O)C(=O)N(CCCN(C)C)[C@H]2c2cccc([N+](=O)[O-])c2)cc1C. The van der Waals surface area contributed by atoms with Crippen LogP contribution < -0.4 is 4.74 Å². The van der Waals surface area contributed by atoms with Crippen LogP contribution >= 0.6 is 0 Å². The highest BCUT2D eigenvalue weighted by Gasteiger charge is 2.46. The topological polar surface area (TPSA) is 113 Å². The smallest absolute Gasteiger partial charge is 0.295 e. The molecule has 0 unspecified atom stereocenters. The van der Waals surface area contributed by atoms with Gasteiger partial charge in [0.1, 0.15) is 11.5 Å². The van der Waals surface area contributed by atoms with Crippen molar-refractivity contribution in [2.75, 3.05) is 34.3 Å². The van der Waals surface area contributed by atoms with E-state index in [-0.39, 0.29) is 23.6 Å². The highest BCUT2D eigenvalue weighted by molar-refractivity contribution is 6.46. The molecule has 1 N–H and O–H groups in total. The van der Waals surface area contributed by atoms with Crippen molar-refractivity contribution in [3.8, 4) is 5.75 Å². The molecule has 0 radical (unpaired) electrons. The van der Waals surface area contributed by atoms with Crippen LogP contribution in [0.5, 0.6) is 5.75 Å². The van der Waals surface area contributed by atoms with E-state index in [2.05, 4.69) is 0 Å². The van der Waals surface area contributed by atoms with E-state index in [0.717, 1.165) is 5.56 Å². The van der Waals surface area contributed by atoms with E-state index in [0.29, 0.717) is 29.8 Å². The summed E-state index contributed by atoms with van der Waals surface area (Å²) >= 11 is 0. The Labute approximate surface area is 192 Å². The highest BCUT2D eigenvalue weighted by atomic mass is 16.6. The minimum absolute atomic E-state index is 0.0880. The molecule has 0 aliphatic carbocycles. The number of hydrogen-bond donors (Lipinski definition) is 1. The van der Waals surface area contributed by atoms with E-state index in [9.17, 15) is 24.8 Å². The van der Waals surface area contributed by atoms with Gasteiger partial charge in [-0.05, 0) is 63.3 Å². The molecule has 2 aromatic rings. The molecular weight excluding hydrogens is 426 g/mol. The van der Waals surface area contributed by atoms with Crippen LogP contribution in [0.15, 0.2) is 48.0 Å². The van der Waals surface area contributed by atoms with Gasteiger partial charge in [-0.25, -0.2) is 0 Å². The number of carbonyl (C=O) groups excluding carboxylic acids is 2. The number of methoxy groups -OCH3 is 1. The molecule has 0 saturated carbocycles. The maximum atomic E-state index is 13.1. The third-order valence-corrected chi connectivity index (χ3v) is 5.61. The lowest BCUT2D eigenvalue weighted by Gasteiger charge is -2.26. The van der Waals surface area contributed by atoms with Gasteiger partial charge in [0.25, 0.3) is 17.4 Å². The molecule has 1 aliphatic heterocycles. The molecule has 1 heterocycles. The number of benzene rings is 2. The van der Waals surface area contributed by atoms with Gasteiger partial charge in [0.2, 0.25) is 0 Å². The van der Waals surface area contributed by atoms with E-state index in [1.54, 1.807) is 31.2 Å². The van der Waals surface area contributed by atoms with Crippen LogP contribution in [0.1, 0.15) is 29.2 Å². The number of nitrogens with zero attached hydrogens (tertiary/aromatic N) is 3. The number of nitro groups is 1. The van der Waals surface area contributed by atoms with Gasteiger partial charge in [0.05, 0.1) is 23.6 Å². The molecule has 174 valence electrons. The number of hydrogen-bond acceptors (Lipinski definition) is 7. The summed E-state index contributed by atoms with van der Waals surface area (Å²) in [7, 11) is 5.33. The van der Waals surface area contributed by atoms with Crippen LogP contribution in [-0.4, -0.2) is 65.8 Å². The predicted molar refractivity (Wildman–Crippen MR) is 123 cm³/mol. The Morgan fingerprint density at radius 2 is 1.94 bits per heavy atom. The number of carbonyl (C=O) groups is 2. The molecule has 0 bridgehead atoms. The zero-order valence-corrected chi connectivity index (χ0v) is 19.1. The second kappa shape index (κ2) is 9.83. The van der Waals surface area contributed by atoms with E-state index < -0.39 is 22.7 Å². The fourth-order valence-electron chi connectivity index (χ4n) is 4.00. The molecule has 3 rings (SSSR count). The Bertz CT molecular complexity index is 1120. The van der Waals surface area contributed by atoms with Gasteiger partial charge in [0.15, 0.2) is 0 Å². The van der Waals surface area contributed by atoms with E-state index in [1.165, 1.54) is 30.2 Å². The van der Waals surface area contributed by atoms with Crippen molar-refractivity contribution in [2.24, 2.45) is 0 Å². The maximum Gasteiger partial charge on any atom is 0.295 e. The van der Waals surface area contributed by atoms with E-state index >= 15 is 0 Å². The number of non-ortho nitro benzene ring substituents is 1. The fourth-order valence-corrected chi connectivity index (χ4v) is 4.00. The van der Waals surface area contributed by atoms with Gasteiger partial charge in [0, 0.05) is 24.2 Å². The van der Waals surface area contributed by atoms with Crippen molar-refractivity contribution in [3.63, 3.8) is 0 Å². The molecule has 0 spiro atoms. The maximum absolute atomic E-state index is 13.1. The van der Waals surface area contributed by atoms with Gasteiger partial charge in [-0.3, -0.25) is 19.7 Å². The summed E-state index contributed by atoms with van der Waals surface area (Å²) in [6.45, 7) is 2.74. The van der Waals surface area contributed by atoms with Gasteiger partial charge < -0.3 is 19.6 Å². The molecule has 9 nitrogen and oxygen atoms in total. The van der Waals surface area contributed by atoms with Crippen molar-refractivity contribution in [1.82, 2.24) is 9.80 Å². The highest BCUT2D eigenvalue weighted by Crippen LogP contribution is 2.40. The lowest BCUT2D eigenvalue weighted by atomic mass is 9.94. The largest absolute Gasteiger partial charge is 0.507 e. The molecule has 9 heteroatoms. The summed E-state index contributed by atoms with van der Waals surface area (Å²) in [6.07, 6.45) is 0.590. The second-order valence-electron chi connectivity index (χ2n) is 8.19. The number of Topliss-reactive ketones (excluding diaryl/α,β-unsaturated/α-hetero) is 1. The number of amides is 1. The molecule has 1 aliphatic rings. The van der Waals surface area contributed by atoms with E-state index in [4.69, 9.17) is 4.74 Å². The van der Waals surface area contributed by atoms with Gasteiger partial charge in [-0.15, -0.1) is 0 Å². The fraction of sp³-hybridized carbons (Fsp3) is 0.333. The minimum Gasteiger partial charge on any atom is -0.507 e. The first kappa shape index (κ1) is 23.9. The van der Waals surface area contributed by atoms with Crippen molar-refractivity contribution in [3.05, 3.63) is 74.8 Å². The van der Waals surface area contributed by atoms with Crippen molar-refractivity contribution >= 4 is 23.1 Å². The number of rotatable bonds is 8. The molecule has 1 fully saturated rings. The molecule has 1 atom stereocenters. The number of likely N-dealkylation sites (tertiary alicyclic amines) is 1. The van der Waals surface area contributed by atoms with Crippen LogP contribution in [-0.2, 0) is 9.59 Å². The first-order chi connectivity index (χ1) is 15.6. The number of aryl methyl sites for hydroxylation is 1. The Balaban J connectivity index is 2.15. The van der Waals surface area contributed by atoms with Gasteiger partial charge >= 0.3 is 0 Å². The third-order valence-electron chi connectivity index (χ3n) is 5.61. The van der Waals surface area contributed by atoms with Crippen LogP contribution in [0.25, 0.3) is 5.76 Å². The number of aliphatic hydroxyl groups excluding tert-OH is 1. The van der Waals surface area contributed by atoms with Crippen LogP contribution in [0.3, 0.4) is 0 Å². The van der Waals surface area contributed by atoms with Gasteiger partial charge in [-0.1, -0.05) is 12.1 Å². The molecule has 2 aromatic carbocycles. The third kappa shape index (κ3) is 4.88. The lowest BCUT2D eigenvalue weighted by molar-refractivity contribution is -0.384. The van der Waals surface area contributed by atoms with E-state index in [1.807, 2.05) is 19.0 Å². The Morgan fingerprint density at radius 1 is 1.21 bits per heavy atom. The second-order valence-corrected chi connectivity index (χ2v) is 8.19. The minimum atomic E-state index is -0.936. The summed E-state index contributed by atoms with van der Waals surface area (Å²) in [5, 5.41) is 22.5. The standard InChI is InChI=1S/C24H27N3O6/c1-15-13-17(9-10-19(15)33-4)22(28)20-21(16-7-5-8-18(14-16)27(31)32)26(24(30)23(20)29)12-6-11-25(2)3/h5,7-10,13-14,21,28H,6,11-12H2,1-4H3/t21-/m0/s1. The van der Waals surface area contributed by atoms with Gasteiger partial charge in [-0.2, -0.15) is 0 Å². The Morgan fingerprint density at radius 3 is 2.55 bits per heavy atom. The monoisotopic (exact) mass is 453 g/mol. The average molecular weight is 453 g/mol. The first-order valence-electron chi connectivity index (χ1n) is 10.5. The summed E-state index contributed by atoms with van der Waals surface area (Å²) < 4.78 is 5.26. The Hall–Kier alpha value is -3.72. The summed E-state index contributed by atoms with van der Waals surface area (Å²) in [5.41, 5.74) is 1.24. The van der Waals surface area contributed by atoms with Crippen LogP contribution in [0.2, 0.25) is 0 Å². The molecule has 1 saturated heterocycles. The molecular formula is C24H27N3O6. The van der Waals surface area contributed by atoms with Crippen LogP contribution in [0.4, 0.5) is 5.69 Å². The quantitative estimate of drug-likeness (QED) is 0.215. The number of ketones is 1.